The molecule has 8 nitrogen and oxygen atoms in total. The Kier molecular flexibility index (Phi) is 12.5. The number of rotatable bonds is 12. The number of ether oxygens (including phenoxy) is 1. The summed E-state index contributed by atoms with van der Waals surface area (Å²) < 4.78 is 26.0. The molecule has 14 aromatic rings. The Bertz CT molecular complexity index is 4800. The summed E-state index contributed by atoms with van der Waals surface area (Å²) in [5.41, 5.74) is 22.4. The van der Waals surface area contributed by atoms with Crippen molar-refractivity contribution in [3.63, 3.8) is 0 Å². The van der Waals surface area contributed by atoms with Gasteiger partial charge in [-0.15, -0.1) is 0 Å². The van der Waals surface area contributed by atoms with Gasteiger partial charge in [-0.25, -0.2) is 9.97 Å². The molecule has 14 rings (SSSR count). The minimum Gasteiger partial charge on any atom is -0.457 e. The molecule has 0 atom stereocenters. The summed E-state index contributed by atoms with van der Waals surface area (Å²) in [5, 5.41) is 3.73. The number of hydrogen-bond donors (Lipinski definition) is 0. The number of nitrogens with zero attached hydrogens (tertiary/aromatic N) is 5. The molecule has 0 radical (unpaired) electrons. The van der Waals surface area contributed by atoms with Crippen molar-refractivity contribution in [3.8, 4) is 67.9 Å². The zero-order chi connectivity index (χ0) is 56.9. The smallest absolute Gasteiger partial charge is 0.149 e. The molecule has 0 saturated heterocycles. The highest BCUT2D eigenvalue weighted by atomic mass is 16.5. The molecular formula is C75H65N5O3. The predicted octanol–water partition coefficient (Wildman–Crippen LogP) is 21.1. The number of aromatic nitrogens is 5. The molecule has 0 aliphatic heterocycles. The molecule has 0 spiro atoms. The van der Waals surface area contributed by atoms with E-state index in [0.717, 1.165) is 100 Å². The first-order valence-corrected chi connectivity index (χ1v) is 29.2. The molecule has 9 aromatic carbocycles. The van der Waals surface area contributed by atoms with Crippen LogP contribution in [-0.2, 0) is 0 Å². The fraction of sp³-hybridized carbons (Fsp3) is 0.187. The van der Waals surface area contributed by atoms with Gasteiger partial charge in [0.25, 0.3) is 0 Å². The van der Waals surface area contributed by atoms with Crippen molar-refractivity contribution in [1.82, 2.24) is 24.1 Å². The molecule has 5 aromatic heterocycles. The Hall–Kier alpha value is -9.53. The fourth-order valence-corrected chi connectivity index (χ4v) is 12.7. The molecular weight excluding hydrogens is 1020 g/mol. The molecule has 0 saturated carbocycles. The quantitative estimate of drug-likeness (QED) is 0.121. The van der Waals surface area contributed by atoms with Crippen LogP contribution >= 0.6 is 0 Å². The van der Waals surface area contributed by atoms with Crippen LogP contribution in [0.2, 0.25) is 0 Å². The van der Waals surface area contributed by atoms with E-state index in [1.807, 2.05) is 31.2 Å². The van der Waals surface area contributed by atoms with E-state index in [4.69, 9.17) is 28.5 Å². The Morgan fingerprint density at radius 3 is 1.43 bits per heavy atom. The summed E-state index contributed by atoms with van der Waals surface area (Å²) in [5.74, 6) is 3.67. The second-order valence-electron chi connectivity index (χ2n) is 23.6. The van der Waals surface area contributed by atoms with Crippen LogP contribution in [0.3, 0.4) is 0 Å². The fourth-order valence-electron chi connectivity index (χ4n) is 12.7. The van der Waals surface area contributed by atoms with Gasteiger partial charge in [0, 0.05) is 39.2 Å². The molecule has 5 heterocycles. The van der Waals surface area contributed by atoms with Gasteiger partial charge in [0.15, 0.2) is 0 Å². The van der Waals surface area contributed by atoms with Gasteiger partial charge in [-0.3, -0.25) is 14.1 Å². The molecule has 0 amide bonds. The lowest BCUT2D eigenvalue weighted by atomic mass is 9.88. The van der Waals surface area contributed by atoms with E-state index >= 15 is 0 Å². The molecule has 0 bridgehead atoms. The van der Waals surface area contributed by atoms with Crippen molar-refractivity contribution >= 4 is 65.9 Å². The molecule has 8 heteroatoms. The van der Waals surface area contributed by atoms with Crippen molar-refractivity contribution in [1.29, 1.82) is 0 Å². The maximum Gasteiger partial charge on any atom is 0.149 e. The first kappa shape index (κ1) is 51.6. The SMILES string of the molecule is Cc1cc2oc3ccc4oc5c(-c6nc7ccccc7n6-c6c(C(C)C)cc(-c7ccccc7)cc6C(C)C)cc(Oc6cccc(-c7nc8ccccc8n7-c7c(C(C)C)cc(-c8ccccc8)cc7C(C)C)c6)cc5c4c3c2c(C)n1. The lowest BCUT2D eigenvalue weighted by Crippen LogP contribution is -2.09. The first-order valence-electron chi connectivity index (χ1n) is 29.2. The Morgan fingerprint density at radius 2 is 0.880 bits per heavy atom. The first-order chi connectivity index (χ1) is 40.3. The van der Waals surface area contributed by atoms with E-state index in [0.29, 0.717) is 17.1 Å². The predicted molar refractivity (Wildman–Crippen MR) is 342 cm³/mol. The van der Waals surface area contributed by atoms with Gasteiger partial charge < -0.3 is 13.6 Å². The number of hydrogen-bond acceptors (Lipinski definition) is 6. The summed E-state index contributed by atoms with van der Waals surface area (Å²) in [6.45, 7) is 22.4. The number of furan rings is 2. The number of pyridine rings is 1. The highest BCUT2D eigenvalue weighted by molar-refractivity contribution is 6.27. The highest BCUT2D eigenvalue weighted by Gasteiger charge is 2.29. The van der Waals surface area contributed by atoms with Gasteiger partial charge in [-0.1, -0.05) is 152 Å². The average molecular weight is 1080 g/mol. The van der Waals surface area contributed by atoms with Gasteiger partial charge in [0.05, 0.1) is 44.4 Å². The van der Waals surface area contributed by atoms with Gasteiger partial charge in [0.2, 0.25) is 0 Å². The monoisotopic (exact) mass is 1080 g/mol. The molecule has 83 heavy (non-hydrogen) atoms. The molecule has 408 valence electrons. The van der Waals surface area contributed by atoms with E-state index in [2.05, 4.69) is 235 Å². The van der Waals surface area contributed by atoms with Crippen molar-refractivity contribution in [2.45, 2.75) is 92.9 Å². The number of para-hydroxylation sites is 4. The van der Waals surface area contributed by atoms with Crippen LogP contribution < -0.4 is 4.74 Å². The largest absolute Gasteiger partial charge is 0.457 e. The Balaban J connectivity index is 1.01. The van der Waals surface area contributed by atoms with Gasteiger partial charge >= 0.3 is 0 Å². The van der Waals surface area contributed by atoms with Gasteiger partial charge in [-0.05, 0) is 167 Å². The minimum atomic E-state index is 0.173. The van der Waals surface area contributed by atoms with Gasteiger partial charge in [-0.2, -0.15) is 0 Å². The number of imidazole rings is 2. The van der Waals surface area contributed by atoms with Crippen LogP contribution in [0.4, 0.5) is 0 Å². The van der Waals surface area contributed by atoms with Crippen LogP contribution in [0.1, 0.15) is 113 Å². The Labute approximate surface area is 483 Å². The molecule has 0 fully saturated rings. The van der Waals surface area contributed by atoms with E-state index < -0.39 is 0 Å². The lowest BCUT2D eigenvalue weighted by molar-refractivity contribution is 0.483. The van der Waals surface area contributed by atoms with Crippen LogP contribution in [0, 0.1) is 13.8 Å². The van der Waals surface area contributed by atoms with Crippen molar-refractivity contribution in [2.24, 2.45) is 0 Å². The number of aryl methyl sites for hydroxylation is 2. The van der Waals surface area contributed by atoms with E-state index in [9.17, 15) is 0 Å². The minimum absolute atomic E-state index is 0.173. The van der Waals surface area contributed by atoms with Crippen LogP contribution in [-0.4, -0.2) is 24.1 Å². The maximum atomic E-state index is 7.31. The van der Waals surface area contributed by atoms with Crippen molar-refractivity contribution < 1.29 is 13.6 Å². The lowest BCUT2D eigenvalue weighted by Gasteiger charge is -2.24. The topological polar surface area (TPSA) is 84.0 Å². The van der Waals surface area contributed by atoms with E-state index in [1.54, 1.807) is 0 Å². The summed E-state index contributed by atoms with van der Waals surface area (Å²) in [7, 11) is 0. The van der Waals surface area contributed by atoms with Crippen LogP contribution in [0.15, 0.2) is 197 Å². The summed E-state index contributed by atoms with van der Waals surface area (Å²) in [6, 6.07) is 66.6. The molecule has 0 aliphatic carbocycles. The zero-order valence-electron chi connectivity index (χ0n) is 48.7. The molecule has 0 N–H and O–H groups in total. The third-order valence-electron chi connectivity index (χ3n) is 16.6. The second-order valence-corrected chi connectivity index (χ2v) is 23.6. The molecule has 0 aliphatic rings. The number of fused-ring (bicyclic) bond motifs is 9. The summed E-state index contributed by atoms with van der Waals surface area (Å²) in [4.78, 5) is 16.0. The molecule has 0 unspecified atom stereocenters. The number of benzene rings is 9. The highest BCUT2D eigenvalue weighted by Crippen LogP contribution is 2.48. The third kappa shape index (κ3) is 8.69. The van der Waals surface area contributed by atoms with Crippen molar-refractivity contribution in [2.75, 3.05) is 0 Å². The van der Waals surface area contributed by atoms with E-state index in [1.165, 1.54) is 50.2 Å². The van der Waals surface area contributed by atoms with Crippen molar-refractivity contribution in [3.05, 3.63) is 222 Å². The zero-order valence-corrected chi connectivity index (χ0v) is 48.7. The van der Waals surface area contributed by atoms with Gasteiger partial charge in [0.1, 0.15) is 45.5 Å². The third-order valence-corrected chi connectivity index (χ3v) is 16.6. The maximum absolute atomic E-state index is 7.31. The standard InChI is InChI=1S/C75H65N5O3/c1-42(2)55-36-51(48-22-13-11-14-23-48)37-56(43(3)4)71(55)79-63-30-19-17-28-61(63)77-74(79)50-26-21-27-53(35-50)81-54-40-59-69-65(32-33-66-70(69)68-47(10)76-46(9)34-67(68)82-66)83-73(59)60(41-54)75-78-62-29-18-20-31-64(62)80(75)72-57(44(5)6)38-52(39-58(72)45(7)8)49-24-15-12-16-25-49/h11-45H,1-10H3. The van der Waals surface area contributed by atoms with E-state index in [-0.39, 0.29) is 23.7 Å². The summed E-state index contributed by atoms with van der Waals surface area (Å²) in [6.07, 6.45) is 0. The Morgan fingerprint density at radius 1 is 0.386 bits per heavy atom. The summed E-state index contributed by atoms with van der Waals surface area (Å²) >= 11 is 0. The van der Waals surface area contributed by atoms with Crippen LogP contribution in [0.5, 0.6) is 11.5 Å². The normalized spacial score (nSPS) is 12.2. The van der Waals surface area contributed by atoms with Crippen LogP contribution in [0.25, 0.3) is 122 Å². The average Bonchev–Trinajstić information content (AvgIpc) is 2.78. The second kappa shape index (κ2) is 20.2.